The summed E-state index contributed by atoms with van der Waals surface area (Å²) in [6, 6.07) is 7.05. The van der Waals surface area contributed by atoms with E-state index in [1.165, 1.54) is 63.0 Å². The average Bonchev–Trinajstić information content (AvgIpc) is 2.64. The second-order valence-corrected chi connectivity index (χ2v) is 10.9. The first-order valence-electron chi connectivity index (χ1n) is 11.5. The smallest absolute Gasteiger partial charge is 0.0402 e. The Morgan fingerprint density at radius 3 is 2.17 bits per heavy atom. The number of halogens is 1. The van der Waals surface area contributed by atoms with Gasteiger partial charge in [-0.25, -0.2) is 0 Å². The van der Waals surface area contributed by atoms with Gasteiger partial charge in [-0.1, -0.05) is 53.2 Å². The number of rotatable bonds is 6. The van der Waals surface area contributed by atoms with Gasteiger partial charge in [0.15, 0.2) is 0 Å². The molecule has 0 unspecified atom stereocenters. The van der Waals surface area contributed by atoms with Gasteiger partial charge in [0.1, 0.15) is 0 Å². The average molecular weight is 422 g/mol. The van der Waals surface area contributed by atoms with Crippen molar-refractivity contribution in [2.75, 3.05) is 37.6 Å². The third kappa shape index (κ3) is 6.35. The Labute approximate surface area is 185 Å². The number of benzene rings is 1. The lowest BCUT2D eigenvalue weighted by Crippen LogP contribution is -2.47. The number of hydrogen-bond acceptors (Lipinski definition) is 3. The monoisotopic (exact) mass is 421 g/mol. The molecule has 1 saturated carbocycles. The molecule has 1 aromatic rings. The van der Waals surface area contributed by atoms with Gasteiger partial charge >= 0.3 is 0 Å². The van der Waals surface area contributed by atoms with Crippen LogP contribution >= 0.6 is 12.4 Å². The number of anilines is 1. The van der Waals surface area contributed by atoms with E-state index >= 15 is 0 Å². The van der Waals surface area contributed by atoms with Gasteiger partial charge < -0.3 is 10.6 Å². The Morgan fingerprint density at radius 2 is 1.62 bits per heavy atom. The molecular formula is C25H44ClN3. The number of piperazine rings is 1. The molecule has 2 aliphatic rings. The van der Waals surface area contributed by atoms with E-state index in [0.717, 1.165) is 13.1 Å². The van der Waals surface area contributed by atoms with Crippen LogP contribution in [0.5, 0.6) is 0 Å². The molecule has 29 heavy (non-hydrogen) atoms. The summed E-state index contributed by atoms with van der Waals surface area (Å²) in [6.07, 6.45) is 6.50. The summed E-state index contributed by atoms with van der Waals surface area (Å²) in [7, 11) is 0. The van der Waals surface area contributed by atoms with Gasteiger partial charge in [0.25, 0.3) is 0 Å². The minimum absolute atomic E-state index is 0. The van der Waals surface area contributed by atoms with Crippen LogP contribution in [0.1, 0.15) is 83.8 Å². The first-order valence-corrected chi connectivity index (χ1v) is 11.5. The Morgan fingerprint density at radius 1 is 1.00 bits per heavy atom. The molecule has 0 spiro atoms. The van der Waals surface area contributed by atoms with Crippen LogP contribution < -0.4 is 10.6 Å². The molecule has 0 bridgehead atoms. The van der Waals surface area contributed by atoms with Gasteiger partial charge in [-0.3, -0.25) is 4.90 Å². The van der Waals surface area contributed by atoms with E-state index in [2.05, 4.69) is 62.6 Å². The highest BCUT2D eigenvalue weighted by molar-refractivity contribution is 5.85. The van der Waals surface area contributed by atoms with Crippen molar-refractivity contribution < 1.29 is 0 Å². The Hall–Kier alpha value is -0.770. The molecule has 1 aliphatic carbocycles. The normalized spacial score (nSPS) is 22.3. The van der Waals surface area contributed by atoms with E-state index in [1.807, 2.05) is 0 Å². The van der Waals surface area contributed by atoms with Crippen molar-refractivity contribution >= 4 is 18.1 Å². The third-order valence-electron chi connectivity index (χ3n) is 6.86. The van der Waals surface area contributed by atoms with Crippen molar-refractivity contribution in [1.82, 2.24) is 4.90 Å². The van der Waals surface area contributed by atoms with Gasteiger partial charge in [-0.15, -0.1) is 12.4 Å². The van der Waals surface area contributed by atoms with Crippen molar-refractivity contribution in [3.63, 3.8) is 0 Å². The van der Waals surface area contributed by atoms with Crippen LogP contribution in [0.25, 0.3) is 0 Å². The molecular weight excluding hydrogens is 378 g/mol. The SMILES string of the molecule is CCCCN1CCN(c2ccc(CN)cc2C2CC(C)(C)CC(C)(C)C2)CC1.Cl. The number of unbranched alkanes of at least 4 members (excludes halogenated alkanes) is 1. The lowest BCUT2D eigenvalue weighted by molar-refractivity contribution is 0.0969. The molecule has 0 amide bonds. The minimum atomic E-state index is 0. The zero-order valence-electron chi connectivity index (χ0n) is 19.5. The van der Waals surface area contributed by atoms with Crippen LogP contribution in [-0.2, 0) is 6.54 Å². The number of nitrogens with two attached hydrogens (primary N) is 1. The molecule has 3 rings (SSSR count). The van der Waals surface area contributed by atoms with E-state index in [4.69, 9.17) is 5.73 Å². The molecule has 1 saturated heterocycles. The molecule has 1 heterocycles. The van der Waals surface area contributed by atoms with E-state index in [1.54, 1.807) is 5.56 Å². The Bertz CT molecular complexity index is 631. The maximum Gasteiger partial charge on any atom is 0.0402 e. The van der Waals surface area contributed by atoms with Crippen molar-refractivity contribution in [3.8, 4) is 0 Å². The lowest BCUT2D eigenvalue weighted by atomic mass is 9.60. The summed E-state index contributed by atoms with van der Waals surface area (Å²) in [6.45, 7) is 18.7. The van der Waals surface area contributed by atoms with E-state index in [0.29, 0.717) is 23.3 Å². The summed E-state index contributed by atoms with van der Waals surface area (Å²) in [4.78, 5) is 5.29. The maximum atomic E-state index is 6.03. The predicted molar refractivity (Wildman–Crippen MR) is 129 cm³/mol. The molecule has 0 atom stereocenters. The zero-order chi connectivity index (χ0) is 20.4. The predicted octanol–water partition coefficient (Wildman–Crippen LogP) is 5.81. The maximum absolute atomic E-state index is 6.03. The Kier molecular flexibility index (Phi) is 8.47. The summed E-state index contributed by atoms with van der Waals surface area (Å²) in [5.41, 5.74) is 11.2. The van der Waals surface area contributed by atoms with Crippen LogP contribution in [0, 0.1) is 10.8 Å². The third-order valence-corrected chi connectivity index (χ3v) is 6.86. The van der Waals surface area contributed by atoms with Crippen LogP contribution in [0.3, 0.4) is 0 Å². The fourth-order valence-corrected chi connectivity index (χ4v) is 6.01. The zero-order valence-corrected chi connectivity index (χ0v) is 20.3. The van der Waals surface area contributed by atoms with Crippen molar-refractivity contribution in [3.05, 3.63) is 29.3 Å². The number of hydrogen-bond donors (Lipinski definition) is 1. The van der Waals surface area contributed by atoms with Gasteiger partial charge in [0.2, 0.25) is 0 Å². The standard InChI is InChI=1S/C25H43N3.ClH/c1-6-7-10-27-11-13-28(14-12-27)23-9-8-20(18-26)15-22(23)21-16-24(2,3)19-25(4,5)17-21;/h8-9,15,21H,6-7,10-14,16-19,26H2,1-5H3;1H. The van der Waals surface area contributed by atoms with Crippen LogP contribution in [-0.4, -0.2) is 37.6 Å². The summed E-state index contributed by atoms with van der Waals surface area (Å²) in [5.74, 6) is 0.637. The molecule has 166 valence electrons. The van der Waals surface area contributed by atoms with Gasteiger partial charge in [0.05, 0.1) is 0 Å². The molecule has 1 aromatic carbocycles. The summed E-state index contributed by atoms with van der Waals surface area (Å²) in [5, 5.41) is 0. The summed E-state index contributed by atoms with van der Waals surface area (Å²) < 4.78 is 0. The molecule has 1 aliphatic heterocycles. The molecule has 3 nitrogen and oxygen atoms in total. The van der Waals surface area contributed by atoms with Crippen LogP contribution in [0.15, 0.2) is 18.2 Å². The van der Waals surface area contributed by atoms with Crippen molar-refractivity contribution in [1.29, 1.82) is 0 Å². The van der Waals surface area contributed by atoms with E-state index < -0.39 is 0 Å². The topological polar surface area (TPSA) is 32.5 Å². The lowest BCUT2D eigenvalue weighted by Gasteiger charge is -2.46. The fourth-order valence-electron chi connectivity index (χ4n) is 6.01. The highest BCUT2D eigenvalue weighted by Gasteiger charge is 2.40. The first-order chi connectivity index (χ1) is 13.2. The van der Waals surface area contributed by atoms with Crippen LogP contribution in [0.4, 0.5) is 5.69 Å². The second-order valence-electron chi connectivity index (χ2n) is 10.9. The molecule has 2 N–H and O–H groups in total. The molecule has 2 fully saturated rings. The van der Waals surface area contributed by atoms with E-state index in [9.17, 15) is 0 Å². The molecule has 0 radical (unpaired) electrons. The van der Waals surface area contributed by atoms with Gasteiger partial charge in [-0.05, 0) is 66.2 Å². The fraction of sp³-hybridized carbons (Fsp3) is 0.760. The molecule has 0 aromatic heterocycles. The molecule has 4 heteroatoms. The highest BCUT2D eigenvalue weighted by atomic mass is 35.5. The second kappa shape index (κ2) is 10.0. The number of nitrogens with zero attached hydrogens (tertiary/aromatic N) is 2. The largest absolute Gasteiger partial charge is 0.369 e. The van der Waals surface area contributed by atoms with Gasteiger partial charge in [0, 0.05) is 38.4 Å². The minimum Gasteiger partial charge on any atom is -0.369 e. The Balaban J connectivity index is 0.00000300. The van der Waals surface area contributed by atoms with Gasteiger partial charge in [-0.2, -0.15) is 0 Å². The van der Waals surface area contributed by atoms with Crippen molar-refractivity contribution in [2.45, 2.75) is 79.2 Å². The van der Waals surface area contributed by atoms with Crippen molar-refractivity contribution in [2.24, 2.45) is 16.6 Å². The highest BCUT2D eigenvalue weighted by Crippen LogP contribution is 2.53. The summed E-state index contributed by atoms with van der Waals surface area (Å²) >= 11 is 0. The van der Waals surface area contributed by atoms with Crippen LogP contribution in [0.2, 0.25) is 0 Å². The van der Waals surface area contributed by atoms with E-state index in [-0.39, 0.29) is 12.4 Å². The quantitative estimate of drug-likeness (QED) is 0.629. The first kappa shape index (κ1) is 24.5.